The van der Waals surface area contributed by atoms with Crippen LogP contribution in [0.3, 0.4) is 0 Å². The lowest BCUT2D eigenvalue weighted by Gasteiger charge is -2.45. The van der Waals surface area contributed by atoms with Crippen LogP contribution in [-0.2, 0) is 26.5 Å². The van der Waals surface area contributed by atoms with Gasteiger partial charge in [-0.1, -0.05) is 42.5 Å². The van der Waals surface area contributed by atoms with Crippen LogP contribution < -0.4 is 0 Å². The number of nitrogens with zero attached hydrogens (tertiary/aromatic N) is 1. The molecule has 1 aliphatic heterocycles. The van der Waals surface area contributed by atoms with Crippen molar-refractivity contribution >= 4 is 12.1 Å². The Bertz CT molecular complexity index is 805. The molecule has 1 atom stereocenters. The Morgan fingerprint density at radius 1 is 1.00 bits per heavy atom. The van der Waals surface area contributed by atoms with Crippen LogP contribution in [0.4, 0.5) is 4.79 Å². The maximum absolute atomic E-state index is 12.9. The summed E-state index contributed by atoms with van der Waals surface area (Å²) in [5, 5.41) is 0. The van der Waals surface area contributed by atoms with E-state index in [0.717, 1.165) is 24.0 Å². The normalized spacial score (nSPS) is 19.1. The van der Waals surface area contributed by atoms with E-state index in [1.807, 2.05) is 30.3 Å². The zero-order valence-corrected chi connectivity index (χ0v) is 16.2. The number of carbonyl (C=O) groups excluding carboxylic acids is 2. The summed E-state index contributed by atoms with van der Waals surface area (Å²) in [6.45, 7) is 0.747. The maximum Gasteiger partial charge on any atom is 0.412 e. The second-order valence-corrected chi connectivity index (χ2v) is 6.71. The minimum absolute atomic E-state index is 0.206. The molecule has 6 heteroatoms. The molecule has 6 nitrogen and oxygen atoms in total. The minimum Gasteiger partial charge on any atom is -0.465 e. The zero-order chi connectivity index (χ0) is 20.0. The molecule has 1 amide bonds. The summed E-state index contributed by atoms with van der Waals surface area (Å²) in [5.41, 5.74) is 1.27. The number of hydrogen-bond acceptors (Lipinski definition) is 5. The molecule has 1 aliphatic rings. The summed E-state index contributed by atoms with van der Waals surface area (Å²) in [6, 6.07) is 16.5. The van der Waals surface area contributed by atoms with E-state index in [1.54, 1.807) is 36.3 Å². The molecule has 0 bridgehead atoms. The van der Waals surface area contributed by atoms with Gasteiger partial charge in [-0.25, -0.2) is 9.59 Å². The lowest BCUT2D eigenvalue weighted by molar-refractivity contribution is -0.151. The van der Waals surface area contributed by atoms with E-state index in [4.69, 9.17) is 14.2 Å². The highest BCUT2D eigenvalue weighted by Crippen LogP contribution is 2.39. The average molecular weight is 383 g/mol. The highest BCUT2D eigenvalue weighted by molar-refractivity contribution is 5.89. The molecule has 0 aromatic heterocycles. The summed E-state index contributed by atoms with van der Waals surface area (Å²) in [5.74, 6) is -0.402. The molecule has 28 heavy (non-hydrogen) atoms. The fourth-order valence-corrected chi connectivity index (χ4v) is 3.60. The summed E-state index contributed by atoms with van der Waals surface area (Å²) >= 11 is 0. The van der Waals surface area contributed by atoms with E-state index in [0.29, 0.717) is 18.5 Å². The van der Waals surface area contributed by atoms with Crippen molar-refractivity contribution in [2.45, 2.75) is 31.6 Å². The van der Waals surface area contributed by atoms with Crippen LogP contribution in [0, 0.1) is 0 Å². The first-order valence-corrected chi connectivity index (χ1v) is 9.33. The molecule has 2 aromatic rings. The zero-order valence-electron chi connectivity index (χ0n) is 16.2. The Morgan fingerprint density at radius 2 is 1.71 bits per heavy atom. The van der Waals surface area contributed by atoms with Gasteiger partial charge in [-0.2, -0.15) is 0 Å². The molecule has 0 aliphatic carbocycles. The molecule has 1 heterocycles. The number of piperidine rings is 1. The molecule has 3 rings (SSSR count). The molecule has 0 N–H and O–H groups in total. The van der Waals surface area contributed by atoms with Crippen LogP contribution in [0.1, 0.15) is 40.7 Å². The van der Waals surface area contributed by atoms with E-state index in [-0.39, 0.29) is 6.61 Å². The van der Waals surface area contributed by atoms with Crippen LogP contribution in [0.25, 0.3) is 0 Å². The molecule has 0 unspecified atom stereocenters. The number of methoxy groups -OCH3 is 2. The number of likely N-dealkylation sites (tertiary alicyclic amines) is 1. The van der Waals surface area contributed by atoms with Crippen LogP contribution in [0.2, 0.25) is 0 Å². The van der Waals surface area contributed by atoms with Crippen LogP contribution in [-0.4, -0.2) is 37.7 Å². The topological polar surface area (TPSA) is 65.1 Å². The third kappa shape index (κ3) is 4.02. The van der Waals surface area contributed by atoms with Crippen LogP contribution in [0.5, 0.6) is 0 Å². The molecular formula is C22H25NO5. The van der Waals surface area contributed by atoms with Crippen molar-refractivity contribution in [2.75, 3.05) is 20.8 Å². The van der Waals surface area contributed by atoms with E-state index < -0.39 is 17.8 Å². The number of amides is 1. The van der Waals surface area contributed by atoms with Gasteiger partial charge in [0.15, 0.2) is 5.72 Å². The quantitative estimate of drug-likeness (QED) is 0.728. The summed E-state index contributed by atoms with van der Waals surface area (Å²) in [6.07, 6.45) is 2.05. The third-order valence-corrected chi connectivity index (χ3v) is 5.10. The van der Waals surface area contributed by atoms with Crippen molar-refractivity contribution in [1.29, 1.82) is 0 Å². The molecule has 0 radical (unpaired) electrons. The standard InChI is InChI=1S/C22H25NO5/c1-26-20(24)18-10-12-19(13-11-18)22(27-2)14-6-7-15-23(22)21(25)28-16-17-8-4-3-5-9-17/h3-5,8-13H,6-7,14-16H2,1-2H3/t22-/m0/s1. The van der Waals surface area contributed by atoms with Gasteiger partial charge >= 0.3 is 12.1 Å². The average Bonchev–Trinajstić information content (AvgIpc) is 2.77. The molecular weight excluding hydrogens is 358 g/mol. The Morgan fingerprint density at radius 3 is 2.36 bits per heavy atom. The molecule has 2 aromatic carbocycles. The van der Waals surface area contributed by atoms with Crippen molar-refractivity contribution in [3.8, 4) is 0 Å². The molecule has 1 fully saturated rings. The number of esters is 1. The fraction of sp³-hybridized carbons (Fsp3) is 0.364. The lowest BCUT2D eigenvalue weighted by atomic mass is 9.90. The Labute approximate surface area is 165 Å². The number of benzene rings is 2. The van der Waals surface area contributed by atoms with Crippen molar-refractivity contribution in [3.05, 3.63) is 71.3 Å². The van der Waals surface area contributed by atoms with Crippen LogP contribution in [0.15, 0.2) is 54.6 Å². The van der Waals surface area contributed by atoms with E-state index in [9.17, 15) is 9.59 Å². The third-order valence-electron chi connectivity index (χ3n) is 5.10. The van der Waals surface area contributed by atoms with E-state index in [1.165, 1.54) is 7.11 Å². The summed E-state index contributed by atoms with van der Waals surface area (Å²) in [7, 11) is 2.94. The van der Waals surface area contributed by atoms with Crippen molar-refractivity contribution < 1.29 is 23.8 Å². The van der Waals surface area contributed by atoms with E-state index >= 15 is 0 Å². The monoisotopic (exact) mass is 383 g/mol. The first-order chi connectivity index (χ1) is 13.6. The molecule has 1 saturated heterocycles. The summed E-state index contributed by atoms with van der Waals surface area (Å²) < 4.78 is 16.2. The summed E-state index contributed by atoms with van der Waals surface area (Å²) in [4.78, 5) is 26.2. The van der Waals surface area contributed by atoms with Gasteiger partial charge in [0, 0.05) is 25.6 Å². The first-order valence-electron chi connectivity index (χ1n) is 9.33. The van der Waals surface area contributed by atoms with Gasteiger partial charge in [-0.15, -0.1) is 0 Å². The van der Waals surface area contributed by atoms with Gasteiger partial charge < -0.3 is 14.2 Å². The fourth-order valence-electron chi connectivity index (χ4n) is 3.60. The van der Waals surface area contributed by atoms with Crippen molar-refractivity contribution in [2.24, 2.45) is 0 Å². The van der Waals surface area contributed by atoms with Gasteiger partial charge in [-0.05, 0) is 30.5 Å². The van der Waals surface area contributed by atoms with Gasteiger partial charge in [0.1, 0.15) is 6.61 Å². The second-order valence-electron chi connectivity index (χ2n) is 6.71. The number of ether oxygens (including phenoxy) is 3. The highest BCUT2D eigenvalue weighted by Gasteiger charge is 2.44. The maximum atomic E-state index is 12.9. The van der Waals surface area contributed by atoms with Crippen molar-refractivity contribution in [1.82, 2.24) is 4.90 Å². The number of rotatable bonds is 5. The SMILES string of the molecule is COC(=O)c1ccc([C@@]2(OC)CCCCN2C(=O)OCc2ccccc2)cc1. The number of hydrogen-bond donors (Lipinski definition) is 0. The lowest BCUT2D eigenvalue weighted by Crippen LogP contribution is -2.53. The molecule has 0 spiro atoms. The largest absolute Gasteiger partial charge is 0.465 e. The van der Waals surface area contributed by atoms with Gasteiger partial charge in [0.05, 0.1) is 12.7 Å². The van der Waals surface area contributed by atoms with E-state index in [2.05, 4.69) is 0 Å². The highest BCUT2D eigenvalue weighted by atomic mass is 16.6. The van der Waals surface area contributed by atoms with Gasteiger partial charge in [0.2, 0.25) is 0 Å². The minimum atomic E-state index is -0.916. The first kappa shape index (κ1) is 19.9. The predicted octanol–water partition coefficient (Wildman–Crippen LogP) is 4.10. The Kier molecular flexibility index (Phi) is 6.31. The van der Waals surface area contributed by atoms with Crippen LogP contribution >= 0.6 is 0 Å². The van der Waals surface area contributed by atoms with Crippen molar-refractivity contribution in [3.63, 3.8) is 0 Å². The van der Waals surface area contributed by atoms with Gasteiger partial charge in [0.25, 0.3) is 0 Å². The Balaban J connectivity index is 1.82. The molecule has 148 valence electrons. The number of carbonyl (C=O) groups is 2. The molecule has 0 saturated carbocycles. The van der Waals surface area contributed by atoms with Gasteiger partial charge in [-0.3, -0.25) is 4.90 Å². The second kappa shape index (κ2) is 8.89. The predicted molar refractivity (Wildman–Crippen MR) is 104 cm³/mol. The smallest absolute Gasteiger partial charge is 0.412 e. The Hall–Kier alpha value is -2.86.